The molecule has 0 atom stereocenters. The van der Waals surface area contributed by atoms with Crippen molar-refractivity contribution in [2.24, 2.45) is 0 Å². The number of aromatic nitrogens is 3. The summed E-state index contributed by atoms with van der Waals surface area (Å²) in [6.07, 6.45) is 2.10. The van der Waals surface area contributed by atoms with E-state index in [4.69, 9.17) is 5.11 Å². The average molecular weight is 269 g/mol. The minimum atomic E-state index is -0.149. The number of rotatable bonds is 3. The minimum Gasteiger partial charge on any atom is -0.396 e. The minimum absolute atomic E-state index is 0.0594. The molecule has 2 N–H and O–H groups in total. The molecule has 0 saturated heterocycles. The van der Waals surface area contributed by atoms with E-state index in [0.717, 1.165) is 11.1 Å². The Balaban J connectivity index is 2.27. The maximum absolute atomic E-state index is 12.4. The molecule has 0 aliphatic heterocycles. The lowest BCUT2D eigenvalue weighted by Gasteiger charge is -2.04. The van der Waals surface area contributed by atoms with Crippen molar-refractivity contribution < 1.29 is 5.11 Å². The number of fused-ring (bicyclic) bond motifs is 1. The van der Waals surface area contributed by atoms with Gasteiger partial charge in [0.05, 0.1) is 0 Å². The number of hydrogen-bond acceptors (Lipinski definition) is 3. The zero-order valence-electron chi connectivity index (χ0n) is 11.1. The van der Waals surface area contributed by atoms with Gasteiger partial charge in [-0.3, -0.25) is 9.89 Å². The van der Waals surface area contributed by atoms with E-state index in [1.807, 2.05) is 30.3 Å². The topological polar surface area (TPSA) is 70.4 Å². The summed E-state index contributed by atoms with van der Waals surface area (Å²) >= 11 is 0. The van der Waals surface area contributed by atoms with Gasteiger partial charge in [-0.1, -0.05) is 30.3 Å². The van der Waals surface area contributed by atoms with Crippen LogP contribution in [0.15, 0.2) is 41.3 Å². The summed E-state index contributed by atoms with van der Waals surface area (Å²) in [6.45, 7) is 1.74. The molecule has 0 aliphatic rings. The monoisotopic (exact) mass is 269 g/mol. The van der Waals surface area contributed by atoms with E-state index >= 15 is 0 Å². The average Bonchev–Trinajstić information content (AvgIpc) is 2.88. The molecular weight excluding hydrogens is 254 g/mol. The molecule has 1 aromatic carbocycles. The molecule has 102 valence electrons. The van der Waals surface area contributed by atoms with Gasteiger partial charge in [-0.05, 0) is 12.5 Å². The summed E-state index contributed by atoms with van der Waals surface area (Å²) < 4.78 is 1.43. The third-order valence-electron chi connectivity index (χ3n) is 3.41. The smallest absolute Gasteiger partial charge is 0.276 e. The van der Waals surface area contributed by atoms with E-state index in [0.29, 0.717) is 23.3 Å². The van der Waals surface area contributed by atoms with Crippen LogP contribution >= 0.6 is 0 Å². The van der Waals surface area contributed by atoms with Crippen LogP contribution in [0.4, 0.5) is 0 Å². The van der Waals surface area contributed by atoms with Gasteiger partial charge in [0.15, 0.2) is 5.65 Å². The summed E-state index contributed by atoms with van der Waals surface area (Å²) in [7, 11) is 0. The summed E-state index contributed by atoms with van der Waals surface area (Å²) in [4.78, 5) is 16.9. The predicted octanol–water partition coefficient (Wildman–Crippen LogP) is 1.53. The summed E-state index contributed by atoms with van der Waals surface area (Å²) in [5.41, 5.74) is 3.57. The Labute approximate surface area is 115 Å². The number of benzene rings is 1. The summed E-state index contributed by atoms with van der Waals surface area (Å²) in [5, 5.41) is 12.0. The van der Waals surface area contributed by atoms with Crippen molar-refractivity contribution in [2.75, 3.05) is 6.61 Å². The Morgan fingerprint density at radius 2 is 2.05 bits per heavy atom. The van der Waals surface area contributed by atoms with Crippen LogP contribution in [0.5, 0.6) is 0 Å². The van der Waals surface area contributed by atoms with Gasteiger partial charge in [0.25, 0.3) is 5.56 Å². The predicted molar refractivity (Wildman–Crippen MR) is 76.8 cm³/mol. The second kappa shape index (κ2) is 4.94. The fraction of sp³-hybridized carbons (Fsp3) is 0.200. The van der Waals surface area contributed by atoms with Gasteiger partial charge < -0.3 is 5.11 Å². The van der Waals surface area contributed by atoms with E-state index in [-0.39, 0.29) is 12.2 Å². The van der Waals surface area contributed by atoms with E-state index in [2.05, 4.69) is 10.1 Å². The number of aliphatic hydroxyl groups excluding tert-OH is 1. The van der Waals surface area contributed by atoms with Crippen LogP contribution < -0.4 is 5.56 Å². The summed E-state index contributed by atoms with van der Waals surface area (Å²) in [6, 6.07) is 9.80. The Morgan fingerprint density at radius 1 is 1.30 bits per heavy atom. The van der Waals surface area contributed by atoms with Gasteiger partial charge in [-0.15, -0.1) is 0 Å². The van der Waals surface area contributed by atoms with Crippen molar-refractivity contribution in [3.05, 3.63) is 58.1 Å². The second-order valence-electron chi connectivity index (χ2n) is 4.67. The van der Waals surface area contributed by atoms with Gasteiger partial charge in [0, 0.05) is 36.0 Å². The van der Waals surface area contributed by atoms with Crippen LogP contribution in [0.1, 0.15) is 11.3 Å². The Morgan fingerprint density at radius 3 is 2.75 bits per heavy atom. The zero-order valence-corrected chi connectivity index (χ0v) is 11.1. The molecule has 3 aromatic rings. The molecular formula is C15H15N3O2. The Bertz CT molecular complexity index is 803. The van der Waals surface area contributed by atoms with Gasteiger partial charge in [-0.2, -0.15) is 0 Å². The Hall–Kier alpha value is -2.40. The SMILES string of the molecule is Cc1nc2c(-c3ccccc3)c[nH]n2c(=O)c1CCO. The molecule has 0 radical (unpaired) electrons. The van der Waals surface area contributed by atoms with Crippen LogP contribution in [0.3, 0.4) is 0 Å². The molecule has 20 heavy (non-hydrogen) atoms. The van der Waals surface area contributed by atoms with E-state index in [9.17, 15) is 4.79 Å². The van der Waals surface area contributed by atoms with E-state index in [1.54, 1.807) is 13.1 Å². The van der Waals surface area contributed by atoms with Crippen LogP contribution in [0, 0.1) is 6.92 Å². The maximum Gasteiger partial charge on any atom is 0.276 e. The number of nitrogens with one attached hydrogen (secondary N) is 1. The molecule has 5 nitrogen and oxygen atoms in total. The molecule has 3 rings (SSSR count). The molecule has 0 spiro atoms. The van der Waals surface area contributed by atoms with Crippen molar-refractivity contribution >= 4 is 5.65 Å². The van der Waals surface area contributed by atoms with E-state index < -0.39 is 0 Å². The van der Waals surface area contributed by atoms with Crippen molar-refractivity contribution in [1.82, 2.24) is 14.6 Å². The highest BCUT2D eigenvalue weighted by Crippen LogP contribution is 2.22. The zero-order chi connectivity index (χ0) is 14.1. The molecule has 0 bridgehead atoms. The Kier molecular flexibility index (Phi) is 3.12. The summed E-state index contributed by atoms with van der Waals surface area (Å²) in [5.74, 6) is 0. The normalized spacial score (nSPS) is 11.1. The first-order valence-corrected chi connectivity index (χ1v) is 6.48. The number of nitrogens with zero attached hydrogens (tertiary/aromatic N) is 2. The number of aromatic amines is 1. The molecule has 0 unspecified atom stereocenters. The lowest BCUT2D eigenvalue weighted by Crippen LogP contribution is -2.22. The van der Waals surface area contributed by atoms with Crippen molar-refractivity contribution in [3.8, 4) is 11.1 Å². The maximum atomic E-state index is 12.4. The number of aliphatic hydroxyl groups is 1. The first-order chi connectivity index (χ1) is 9.72. The van der Waals surface area contributed by atoms with Gasteiger partial charge in [0.2, 0.25) is 0 Å². The molecule has 2 heterocycles. The third kappa shape index (κ3) is 1.92. The van der Waals surface area contributed by atoms with Gasteiger partial charge in [0.1, 0.15) is 0 Å². The van der Waals surface area contributed by atoms with Crippen LogP contribution in [-0.2, 0) is 6.42 Å². The van der Waals surface area contributed by atoms with E-state index in [1.165, 1.54) is 4.52 Å². The number of H-pyrrole nitrogens is 1. The highest BCUT2D eigenvalue weighted by Gasteiger charge is 2.14. The van der Waals surface area contributed by atoms with Crippen LogP contribution in [0.2, 0.25) is 0 Å². The fourth-order valence-electron chi connectivity index (χ4n) is 2.39. The highest BCUT2D eigenvalue weighted by molar-refractivity contribution is 5.76. The lowest BCUT2D eigenvalue weighted by atomic mass is 10.1. The number of aryl methyl sites for hydroxylation is 1. The van der Waals surface area contributed by atoms with Crippen LogP contribution in [-0.4, -0.2) is 26.3 Å². The highest BCUT2D eigenvalue weighted by atomic mass is 16.3. The molecule has 0 fully saturated rings. The number of hydrogen-bond donors (Lipinski definition) is 2. The standard InChI is InChI=1S/C15H15N3O2/c1-10-12(7-8-19)15(20)18-14(17-10)13(9-16-18)11-5-3-2-4-6-11/h2-6,9,16,19H,7-8H2,1H3. The van der Waals surface area contributed by atoms with Gasteiger partial charge >= 0.3 is 0 Å². The molecule has 0 saturated carbocycles. The molecule has 0 amide bonds. The molecule has 5 heteroatoms. The van der Waals surface area contributed by atoms with Crippen molar-refractivity contribution in [2.45, 2.75) is 13.3 Å². The van der Waals surface area contributed by atoms with Crippen LogP contribution in [0.25, 0.3) is 16.8 Å². The molecule has 2 aromatic heterocycles. The quantitative estimate of drug-likeness (QED) is 0.757. The first kappa shape index (κ1) is 12.6. The lowest BCUT2D eigenvalue weighted by molar-refractivity contribution is 0.298. The molecule has 0 aliphatic carbocycles. The second-order valence-corrected chi connectivity index (χ2v) is 4.67. The fourth-order valence-corrected chi connectivity index (χ4v) is 2.39. The van der Waals surface area contributed by atoms with Crippen molar-refractivity contribution in [3.63, 3.8) is 0 Å². The van der Waals surface area contributed by atoms with Crippen molar-refractivity contribution in [1.29, 1.82) is 0 Å². The first-order valence-electron chi connectivity index (χ1n) is 6.48. The largest absolute Gasteiger partial charge is 0.396 e. The third-order valence-corrected chi connectivity index (χ3v) is 3.41. The van der Waals surface area contributed by atoms with Gasteiger partial charge in [-0.25, -0.2) is 9.50 Å².